The maximum Gasteiger partial charge on any atom is 0.410 e. The molecule has 0 radical (unpaired) electrons. The van der Waals surface area contributed by atoms with E-state index in [1.165, 1.54) is 12.3 Å². The predicted octanol–water partition coefficient (Wildman–Crippen LogP) is 3.66. The van der Waals surface area contributed by atoms with Gasteiger partial charge < -0.3 is 15.1 Å². The molecule has 0 saturated carbocycles. The predicted molar refractivity (Wildman–Crippen MR) is 84.2 cm³/mol. The highest BCUT2D eigenvalue weighted by molar-refractivity contribution is 5.93. The highest BCUT2D eigenvalue weighted by Crippen LogP contribution is 2.43. The number of nitrogens with zero attached hydrogens (tertiary/aromatic N) is 2. The van der Waals surface area contributed by atoms with Crippen molar-refractivity contribution < 1.29 is 22.4 Å². The third-order valence-corrected chi connectivity index (χ3v) is 3.80. The van der Waals surface area contributed by atoms with Gasteiger partial charge in [0, 0.05) is 18.0 Å². The SMILES string of the molecule is CC(C)(C)NC(=O)c1cc2n(n1)[C@@H](C(F)(F)F)C[C@H](c1ccco1)N2. The number of alkyl halides is 3. The summed E-state index contributed by atoms with van der Waals surface area (Å²) in [6.45, 7) is 5.35. The van der Waals surface area contributed by atoms with Crippen LogP contribution in [0.15, 0.2) is 28.9 Å². The molecule has 1 amide bonds. The molecule has 136 valence electrons. The van der Waals surface area contributed by atoms with Crippen LogP contribution in [0.4, 0.5) is 19.0 Å². The average Bonchev–Trinajstić information content (AvgIpc) is 3.12. The first-order valence-electron chi connectivity index (χ1n) is 7.83. The van der Waals surface area contributed by atoms with Crippen LogP contribution in [0, 0.1) is 0 Å². The summed E-state index contributed by atoms with van der Waals surface area (Å²) < 4.78 is 46.6. The first-order chi connectivity index (χ1) is 11.5. The Bertz CT molecular complexity index is 759. The summed E-state index contributed by atoms with van der Waals surface area (Å²) in [5.74, 6) is 0.0168. The zero-order valence-corrected chi connectivity index (χ0v) is 14.0. The smallest absolute Gasteiger partial charge is 0.410 e. The van der Waals surface area contributed by atoms with Crippen LogP contribution >= 0.6 is 0 Å². The molecule has 1 aliphatic rings. The van der Waals surface area contributed by atoms with Gasteiger partial charge in [-0.3, -0.25) is 4.79 Å². The summed E-state index contributed by atoms with van der Waals surface area (Å²) in [4.78, 5) is 12.2. The fourth-order valence-electron chi connectivity index (χ4n) is 2.77. The van der Waals surface area contributed by atoms with Gasteiger partial charge in [0.05, 0.1) is 12.3 Å². The normalized spacial score (nSPS) is 20.7. The maximum atomic E-state index is 13.5. The van der Waals surface area contributed by atoms with Gasteiger partial charge >= 0.3 is 6.18 Å². The Morgan fingerprint density at radius 2 is 2.12 bits per heavy atom. The number of carbonyl (C=O) groups is 1. The number of fused-ring (bicyclic) bond motifs is 1. The molecule has 0 saturated heterocycles. The standard InChI is InChI=1S/C16H19F3N4O2/c1-15(2,3)21-14(24)10-8-13-20-9(11-5-4-6-25-11)7-12(16(17,18)19)23(13)22-10/h4-6,8-9,12,20H,7H2,1-3H3,(H,21,24)/t9-,12-/m1/s1. The lowest BCUT2D eigenvalue weighted by Gasteiger charge is -2.32. The van der Waals surface area contributed by atoms with Crippen molar-refractivity contribution in [3.05, 3.63) is 35.9 Å². The molecule has 2 atom stereocenters. The summed E-state index contributed by atoms with van der Waals surface area (Å²) >= 11 is 0. The van der Waals surface area contributed by atoms with E-state index in [4.69, 9.17) is 4.42 Å². The molecule has 3 rings (SSSR count). The van der Waals surface area contributed by atoms with Crippen LogP contribution in [0.3, 0.4) is 0 Å². The van der Waals surface area contributed by atoms with E-state index in [1.807, 2.05) is 0 Å². The van der Waals surface area contributed by atoms with E-state index in [0.29, 0.717) is 5.76 Å². The minimum atomic E-state index is -4.49. The van der Waals surface area contributed by atoms with Crippen molar-refractivity contribution >= 4 is 11.7 Å². The van der Waals surface area contributed by atoms with Gasteiger partial charge in [0.15, 0.2) is 11.7 Å². The summed E-state index contributed by atoms with van der Waals surface area (Å²) in [7, 11) is 0. The first kappa shape index (κ1) is 17.4. The van der Waals surface area contributed by atoms with Gasteiger partial charge in [-0.25, -0.2) is 4.68 Å². The van der Waals surface area contributed by atoms with Gasteiger partial charge in [-0.05, 0) is 32.9 Å². The second kappa shape index (κ2) is 5.82. The van der Waals surface area contributed by atoms with Crippen LogP contribution in [0.5, 0.6) is 0 Å². The second-order valence-corrected chi connectivity index (χ2v) is 7.07. The van der Waals surface area contributed by atoms with Crippen molar-refractivity contribution in [2.24, 2.45) is 0 Å². The molecule has 3 heterocycles. The molecule has 9 heteroatoms. The van der Waals surface area contributed by atoms with Crippen molar-refractivity contribution in [1.82, 2.24) is 15.1 Å². The Morgan fingerprint density at radius 1 is 1.40 bits per heavy atom. The molecule has 0 unspecified atom stereocenters. The third-order valence-electron chi connectivity index (χ3n) is 3.80. The number of aromatic nitrogens is 2. The van der Waals surface area contributed by atoms with E-state index in [2.05, 4.69) is 15.7 Å². The van der Waals surface area contributed by atoms with Gasteiger partial charge in [-0.1, -0.05) is 0 Å². The number of hydrogen-bond donors (Lipinski definition) is 2. The number of halogens is 3. The lowest BCUT2D eigenvalue weighted by Crippen LogP contribution is -2.41. The van der Waals surface area contributed by atoms with Gasteiger partial charge in [-0.15, -0.1) is 0 Å². The van der Waals surface area contributed by atoms with Crippen LogP contribution in [0.2, 0.25) is 0 Å². The monoisotopic (exact) mass is 356 g/mol. The number of rotatable bonds is 2. The lowest BCUT2D eigenvalue weighted by atomic mass is 10.0. The quantitative estimate of drug-likeness (QED) is 0.861. The number of hydrogen-bond acceptors (Lipinski definition) is 4. The van der Waals surface area contributed by atoms with Gasteiger partial charge in [-0.2, -0.15) is 18.3 Å². The lowest BCUT2D eigenvalue weighted by molar-refractivity contribution is -0.174. The van der Waals surface area contributed by atoms with Crippen LogP contribution in [0.1, 0.15) is 55.5 Å². The van der Waals surface area contributed by atoms with Crippen LogP contribution in [-0.2, 0) is 0 Å². The van der Waals surface area contributed by atoms with E-state index < -0.39 is 29.7 Å². The van der Waals surface area contributed by atoms with Crippen molar-refractivity contribution in [3.63, 3.8) is 0 Å². The Morgan fingerprint density at radius 3 is 2.68 bits per heavy atom. The minimum Gasteiger partial charge on any atom is -0.467 e. The summed E-state index contributed by atoms with van der Waals surface area (Å²) in [6.07, 6.45) is -3.36. The van der Waals surface area contributed by atoms with Crippen molar-refractivity contribution in [2.75, 3.05) is 5.32 Å². The molecule has 0 aliphatic carbocycles. The molecule has 2 N–H and O–H groups in total. The maximum absolute atomic E-state index is 13.5. The van der Waals surface area contributed by atoms with Gasteiger partial charge in [0.2, 0.25) is 0 Å². The number of furan rings is 1. The summed E-state index contributed by atoms with van der Waals surface area (Å²) in [5.41, 5.74) is -0.582. The molecule has 2 aromatic rings. The number of anilines is 1. The van der Waals surface area contributed by atoms with E-state index in [0.717, 1.165) is 4.68 Å². The second-order valence-electron chi connectivity index (χ2n) is 7.07. The van der Waals surface area contributed by atoms with Gasteiger partial charge in [0.25, 0.3) is 5.91 Å². The zero-order valence-electron chi connectivity index (χ0n) is 14.0. The summed E-state index contributed by atoms with van der Waals surface area (Å²) in [6, 6.07) is 2.08. The molecule has 1 aliphatic heterocycles. The molecule has 0 bridgehead atoms. The topological polar surface area (TPSA) is 72.1 Å². The molecular weight excluding hydrogens is 337 g/mol. The van der Waals surface area contributed by atoms with E-state index in [9.17, 15) is 18.0 Å². The highest BCUT2D eigenvalue weighted by Gasteiger charge is 2.47. The molecule has 0 fully saturated rings. The Labute approximate surface area is 142 Å². The molecule has 0 aromatic carbocycles. The zero-order chi connectivity index (χ0) is 18.4. The van der Waals surface area contributed by atoms with E-state index in [-0.39, 0.29) is 17.9 Å². The Hall–Kier alpha value is -2.45. The molecule has 0 spiro atoms. The van der Waals surface area contributed by atoms with E-state index in [1.54, 1.807) is 32.9 Å². The largest absolute Gasteiger partial charge is 0.467 e. The molecule has 6 nitrogen and oxygen atoms in total. The fraction of sp³-hybridized carbons (Fsp3) is 0.500. The van der Waals surface area contributed by atoms with Crippen molar-refractivity contribution in [3.8, 4) is 0 Å². The van der Waals surface area contributed by atoms with Gasteiger partial charge in [0.1, 0.15) is 11.6 Å². The Kier molecular flexibility index (Phi) is 4.04. The average molecular weight is 356 g/mol. The number of amides is 1. The molecule has 2 aromatic heterocycles. The van der Waals surface area contributed by atoms with Crippen molar-refractivity contribution in [2.45, 2.75) is 51.0 Å². The third kappa shape index (κ3) is 3.64. The van der Waals surface area contributed by atoms with E-state index >= 15 is 0 Å². The molecular formula is C16H19F3N4O2. The van der Waals surface area contributed by atoms with Crippen molar-refractivity contribution in [1.29, 1.82) is 0 Å². The Balaban J connectivity index is 1.95. The highest BCUT2D eigenvalue weighted by atomic mass is 19.4. The number of carbonyl (C=O) groups excluding carboxylic acids is 1. The molecule has 25 heavy (non-hydrogen) atoms. The van der Waals surface area contributed by atoms with Crippen LogP contribution in [-0.4, -0.2) is 27.4 Å². The minimum absolute atomic E-state index is 0.0632. The first-order valence-corrected chi connectivity index (χ1v) is 7.83. The van der Waals surface area contributed by atoms with Crippen LogP contribution in [0.25, 0.3) is 0 Å². The van der Waals surface area contributed by atoms with Crippen LogP contribution < -0.4 is 10.6 Å². The number of nitrogens with one attached hydrogen (secondary N) is 2. The fourth-order valence-corrected chi connectivity index (χ4v) is 2.77. The summed E-state index contributed by atoms with van der Waals surface area (Å²) in [5, 5.41) is 9.55.